The Labute approximate surface area is 200 Å². The van der Waals surface area contributed by atoms with Gasteiger partial charge in [0.1, 0.15) is 11.5 Å². The molecule has 7 heteroatoms. The number of aryl methyl sites for hydroxylation is 1. The number of methoxy groups -OCH3 is 1. The number of aliphatic hydroxyl groups excluding tert-OH is 1. The highest BCUT2D eigenvalue weighted by Crippen LogP contribution is 2.34. The van der Waals surface area contributed by atoms with Gasteiger partial charge in [0.2, 0.25) is 0 Å². The second-order valence-electron chi connectivity index (χ2n) is 8.74. The van der Waals surface area contributed by atoms with Crippen LogP contribution in [0.1, 0.15) is 28.4 Å². The van der Waals surface area contributed by atoms with Crippen molar-refractivity contribution < 1.29 is 14.9 Å². The van der Waals surface area contributed by atoms with Crippen LogP contribution in [0.15, 0.2) is 65.5 Å². The number of piperazine rings is 1. The zero-order valence-corrected chi connectivity index (χ0v) is 19.9. The van der Waals surface area contributed by atoms with Crippen LogP contribution in [0.25, 0.3) is 0 Å². The van der Waals surface area contributed by atoms with Gasteiger partial charge in [-0.05, 0) is 36.2 Å². The molecule has 0 bridgehead atoms. The van der Waals surface area contributed by atoms with E-state index >= 15 is 0 Å². The maximum atomic E-state index is 13.9. The van der Waals surface area contributed by atoms with Crippen LogP contribution in [0.5, 0.6) is 11.5 Å². The molecule has 0 amide bonds. The van der Waals surface area contributed by atoms with Crippen molar-refractivity contribution in [1.29, 1.82) is 0 Å². The lowest BCUT2D eigenvalue weighted by atomic mass is 9.95. The molecule has 1 aromatic heterocycles. The van der Waals surface area contributed by atoms with Crippen LogP contribution in [0, 0.1) is 6.92 Å². The number of aromatic nitrogens is 1. The second-order valence-corrected chi connectivity index (χ2v) is 8.74. The fraction of sp³-hybridized carbons (Fsp3) is 0.370. The standard InChI is InChI=1S/C27H33N3O4/c1-20-18-24(32)25(27(33)30(20)19-21-6-4-3-5-7-21)26(22-8-10-23(34-2)11-9-22)29-14-12-28(13-15-29)16-17-31/h3-11,18,26,31-32H,12-17,19H2,1-2H3/t26-/m0/s1. The average Bonchev–Trinajstić information content (AvgIpc) is 2.86. The summed E-state index contributed by atoms with van der Waals surface area (Å²) in [7, 11) is 1.63. The first-order valence-electron chi connectivity index (χ1n) is 11.7. The maximum Gasteiger partial charge on any atom is 0.259 e. The van der Waals surface area contributed by atoms with Gasteiger partial charge in [0, 0.05) is 38.4 Å². The molecular formula is C27H33N3O4. The van der Waals surface area contributed by atoms with Gasteiger partial charge in [-0.25, -0.2) is 0 Å². The van der Waals surface area contributed by atoms with E-state index in [-0.39, 0.29) is 17.9 Å². The Bertz CT molecular complexity index is 1140. The van der Waals surface area contributed by atoms with Gasteiger partial charge < -0.3 is 19.5 Å². The number of hydrogen-bond acceptors (Lipinski definition) is 6. The van der Waals surface area contributed by atoms with Crippen LogP contribution in [-0.2, 0) is 6.54 Å². The van der Waals surface area contributed by atoms with E-state index in [0.29, 0.717) is 18.7 Å². The molecule has 1 atom stereocenters. The number of ether oxygens (including phenoxy) is 1. The molecule has 34 heavy (non-hydrogen) atoms. The number of benzene rings is 2. The van der Waals surface area contributed by atoms with Crippen molar-refractivity contribution >= 4 is 0 Å². The molecule has 3 aromatic rings. The molecule has 7 nitrogen and oxygen atoms in total. The van der Waals surface area contributed by atoms with Gasteiger partial charge in [0.15, 0.2) is 0 Å². The largest absolute Gasteiger partial charge is 0.507 e. The number of β-amino-alcohol motifs (C(OH)–C–C–N with tert-alkyl or cyclic N) is 1. The molecule has 0 radical (unpaired) electrons. The van der Waals surface area contributed by atoms with E-state index in [1.165, 1.54) is 0 Å². The maximum absolute atomic E-state index is 13.9. The van der Waals surface area contributed by atoms with Crippen molar-refractivity contribution in [3.05, 3.63) is 93.4 Å². The Balaban J connectivity index is 1.77. The highest BCUT2D eigenvalue weighted by atomic mass is 16.5. The fourth-order valence-corrected chi connectivity index (χ4v) is 4.72. The van der Waals surface area contributed by atoms with Crippen molar-refractivity contribution in [2.24, 2.45) is 0 Å². The quantitative estimate of drug-likeness (QED) is 0.535. The molecule has 1 fully saturated rings. The lowest BCUT2D eigenvalue weighted by Gasteiger charge is -2.39. The van der Waals surface area contributed by atoms with E-state index in [1.54, 1.807) is 17.7 Å². The molecule has 0 aliphatic carbocycles. The van der Waals surface area contributed by atoms with Crippen LogP contribution in [0.2, 0.25) is 0 Å². The number of nitrogens with zero attached hydrogens (tertiary/aromatic N) is 3. The normalized spacial score (nSPS) is 15.9. The smallest absolute Gasteiger partial charge is 0.259 e. The zero-order valence-electron chi connectivity index (χ0n) is 19.9. The van der Waals surface area contributed by atoms with Crippen molar-refractivity contribution in [3.8, 4) is 11.5 Å². The van der Waals surface area contributed by atoms with Crippen LogP contribution < -0.4 is 10.3 Å². The van der Waals surface area contributed by atoms with Crippen LogP contribution in [0.4, 0.5) is 0 Å². The molecule has 4 rings (SSSR count). The minimum absolute atomic E-state index is 0.0189. The Morgan fingerprint density at radius 2 is 1.68 bits per heavy atom. The first kappa shape index (κ1) is 24.0. The summed E-state index contributed by atoms with van der Waals surface area (Å²) in [5.74, 6) is 0.760. The molecule has 2 aromatic carbocycles. The predicted molar refractivity (Wildman–Crippen MR) is 133 cm³/mol. The molecule has 180 valence electrons. The molecule has 0 saturated carbocycles. The topological polar surface area (TPSA) is 78.2 Å². The lowest BCUT2D eigenvalue weighted by molar-refractivity contribution is 0.0932. The molecule has 1 saturated heterocycles. The van der Waals surface area contributed by atoms with Gasteiger partial charge in [-0.2, -0.15) is 0 Å². The third-order valence-corrected chi connectivity index (χ3v) is 6.60. The number of pyridine rings is 1. The molecule has 1 aliphatic heterocycles. The third-order valence-electron chi connectivity index (χ3n) is 6.60. The average molecular weight is 464 g/mol. The zero-order chi connectivity index (χ0) is 24.1. The van der Waals surface area contributed by atoms with Gasteiger partial charge in [0.25, 0.3) is 5.56 Å². The number of aromatic hydroxyl groups is 1. The fourth-order valence-electron chi connectivity index (χ4n) is 4.72. The van der Waals surface area contributed by atoms with Crippen molar-refractivity contribution in [1.82, 2.24) is 14.4 Å². The van der Waals surface area contributed by atoms with Gasteiger partial charge in [-0.15, -0.1) is 0 Å². The van der Waals surface area contributed by atoms with E-state index in [0.717, 1.165) is 48.7 Å². The summed E-state index contributed by atoms with van der Waals surface area (Å²) in [6.45, 7) is 6.09. The number of hydrogen-bond donors (Lipinski definition) is 2. The summed E-state index contributed by atoms with van der Waals surface area (Å²) in [5, 5.41) is 20.4. The molecule has 2 N–H and O–H groups in total. The monoisotopic (exact) mass is 463 g/mol. The summed E-state index contributed by atoms with van der Waals surface area (Å²) >= 11 is 0. The van der Waals surface area contributed by atoms with E-state index in [4.69, 9.17) is 4.74 Å². The van der Waals surface area contributed by atoms with E-state index < -0.39 is 6.04 Å². The Kier molecular flexibility index (Phi) is 7.67. The minimum Gasteiger partial charge on any atom is -0.507 e. The van der Waals surface area contributed by atoms with Gasteiger partial charge >= 0.3 is 0 Å². The van der Waals surface area contributed by atoms with Gasteiger partial charge in [0.05, 0.1) is 31.9 Å². The number of aliphatic hydroxyl groups is 1. The molecule has 1 aliphatic rings. The summed E-state index contributed by atoms with van der Waals surface area (Å²) in [6.07, 6.45) is 0. The second kappa shape index (κ2) is 10.9. The first-order valence-corrected chi connectivity index (χ1v) is 11.7. The highest BCUT2D eigenvalue weighted by molar-refractivity contribution is 5.42. The van der Waals surface area contributed by atoms with Crippen LogP contribution in [-0.4, -0.2) is 71.0 Å². The Morgan fingerprint density at radius 1 is 1.00 bits per heavy atom. The van der Waals surface area contributed by atoms with E-state index in [1.807, 2.05) is 61.5 Å². The van der Waals surface area contributed by atoms with Crippen molar-refractivity contribution in [2.75, 3.05) is 46.4 Å². The summed E-state index contributed by atoms with van der Waals surface area (Å²) in [5.41, 5.74) is 2.89. The third kappa shape index (κ3) is 5.17. The Morgan fingerprint density at radius 3 is 2.29 bits per heavy atom. The van der Waals surface area contributed by atoms with Crippen molar-refractivity contribution in [3.63, 3.8) is 0 Å². The summed E-state index contributed by atoms with van der Waals surface area (Å²) < 4.78 is 7.07. The van der Waals surface area contributed by atoms with E-state index in [9.17, 15) is 15.0 Å². The molecule has 2 heterocycles. The SMILES string of the molecule is COc1ccc([C@@H](c2c(O)cc(C)n(Cc3ccccc3)c2=O)N2CCN(CCO)CC2)cc1. The highest BCUT2D eigenvalue weighted by Gasteiger charge is 2.31. The van der Waals surface area contributed by atoms with Gasteiger partial charge in [-0.3, -0.25) is 14.6 Å². The van der Waals surface area contributed by atoms with Gasteiger partial charge in [-0.1, -0.05) is 42.5 Å². The Hall–Kier alpha value is -3.13. The van der Waals surface area contributed by atoms with Crippen LogP contribution in [0.3, 0.4) is 0 Å². The lowest BCUT2D eigenvalue weighted by Crippen LogP contribution is -2.49. The summed E-state index contributed by atoms with van der Waals surface area (Å²) in [4.78, 5) is 18.3. The number of rotatable bonds is 8. The molecular weight excluding hydrogens is 430 g/mol. The minimum atomic E-state index is -0.391. The molecule has 0 spiro atoms. The van der Waals surface area contributed by atoms with Crippen LogP contribution >= 0.6 is 0 Å². The summed E-state index contributed by atoms with van der Waals surface area (Å²) in [6, 6.07) is 18.9. The molecule has 0 unspecified atom stereocenters. The predicted octanol–water partition coefficient (Wildman–Crippen LogP) is 2.62. The first-order chi connectivity index (χ1) is 16.5. The van der Waals surface area contributed by atoms with Crippen molar-refractivity contribution in [2.45, 2.75) is 19.5 Å². The van der Waals surface area contributed by atoms with E-state index in [2.05, 4.69) is 9.80 Å².